The van der Waals surface area contributed by atoms with E-state index in [1.54, 1.807) is 0 Å². The first-order valence-corrected chi connectivity index (χ1v) is 12.6. The average molecular weight is 495 g/mol. The molecule has 2 aromatic rings. The van der Waals surface area contributed by atoms with Crippen LogP contribution in [0.4, 0.5) is 8.78 Å². The van der Waals surface area contributed by atoms with Crippen LogP contribution in [0.1, 0.15) is 44.1 Å². The van der Waals surface area contributed by atoms with Crippen molar-refractivity contribution in [2.75, 3.05) is 0 Å². The summed E-state index contributed by atoms with van der Waals surface area (Å²) in [7, 11) is -5.97. The number of alkyl halides is 2. The third-order valence-electron chi connectivity index (χ3n) is 7.55. The van der Waals surface area contributed by atoms with E-state index in [1.165, 1.54) is 0 Å². The molecule has 0 spiro atoms. The number of hydrogen-bond acceptors (Lipinski definition) is 6. The molecule has 0 aromatic heterocycles. The summed E-state index contributed by atoms with van der Waals surface area (Å²) in [4.78, 5) is 25.4. The van der Waals surface area contributed by atoms with Gasteiger partial charge in [0.05, 0.1) is 5.41 Å². The zero-order valence-corrected chi connectivity index (χ0v) is 19.0. The second-order valence-electron chi connectivity index (χ2n) is 10.0. The third-order valence-corrected chi connectivity index (χ3v) is 8.36. The maximum absolute atomic E-state index is 13.9. The molecule has 10 heteroatoms. The fourth-order valence-corrected chi connectivity index (χ4v) is 6.87. The largest absolute Gasteiger partial charge is 0.465 e. The molecule has 4 fully saturated rings. The highest BCUT2D eigenvalue weighted by molar-refractivity contribution is 7.87. The molecule has 0 radical (unpaired) electrons. The van der Waals surface area contributed by atoms with E-state index in [4.69, 9.17) is 14.0 Å². The number of halogens is 2. The highest BCUT2D eigenvalue weighted by Gasteiger charge is 2.65. The summed E-state index contributed by atoms with van der Waals surface area (Å²) in [5.74, 6) is -2.83. The lowest BCUT2D eigenvalue weighted by atomic mass is 9.48. The lowest BCUT2D eigenvalue weighted by Crippen LogP contribution is -2.61. The fraction of sp³-hybridized carbons (Fsp3) is 0.500. The summed E-state index contributed by atoms with van der Waals surface area (Å²) in [6, 6.07) is 13.4. The SMILES string of the molecule is O=C(OCc1cccc2ccccc12)C12CC3CC(CC(OC(=O)C(F)(F)S(=O)(=O)O)(C3)C1)C2. The number of carbonyl (C=O) groups is 2. The second-order valence-corrected chi connectivity index (χ2v) is 11.5. The van der Waals surface area contributed by atoms with E-state index >= 15 is 0 Å². The summed E-state index contributed by atoms with van der Waals surface area (Å²) in [5, 5.41) is -3.10. The lowest BCUT2D eigenvalue weighted by Gasteiger charge is -2.59. The smallest absolute Gasteiger partial charge is 0.460 e. The van der Waals surface area contributed by atoms with Crippen LogP contribution in [-0.4, -0.2) is 35.8 Å². The highest BCUT2D eigenvalue weighted by atomic mass is 32.2. The molecule has 4 aliphatic rings. The molecule has 0 aliphatic heterocycles. The molecule has 182 valence electrons. The van der Waals surface area contributed by atoms with Gasteiger partial charge in [0.15, 0.2) is 0 Å². The van der Waals surface area contributed by atoms with Crippen LogP contribution < -0.4 is 0 Å². The number of fused-ring (bicyclic) bond motifs is 1. The fourth-order valence-electron chi connectivity index (χ4n) is 6.61. The van der Waals surface area contributed by atoms with E-state index in [0.717, 1.165) is 22.8 Å². The van der Waals surface area contributed by atoms with Gasteiger partial charge in [-0.25, -0.2) is 4.79 Å². The third kappa shape index (κ3) is 3.76. The average Bonchev–Trinajstić information content (AvgIpc) is 2.75. The standard InChI is InChI=1S/C24H24F2O7S/c25-24(26,34(29,30)31)21(28)33-23-11-15-8-16(12-23)10-22(9-15,14-23)20(27)32-13-18-6-3-5-17-4-1-2-7-19(17)18/h1-7,15-16H,8-14H2,(H,29,30,31). The molecule has 4 aliphatic carbocycles. The summed E-state index contributed by atoms with van der Waals surface area (Å²) in [5.41, 5.74) is -1.53. The summed E-state index contributed by atoms with van der Waals surface area (Å²) in [6.07, 6.45) is 2.34. The Hall–Kier alpha value is -2.59. The van der Waals surface area contributed by atoms with Crippen molar-refractivity contribution in [3.63, 3.8) is 0 Å². The molecular formula is C24H24F2O7S. The van der Waals surface area contributed by atoms with Gasteiger partial charge in [0.1, 0.15) is 12.2 Å². The maximum Gasteiger partial charge on any atom is 0.465 e. The predicted molar refractivity (Wildman–Crippen MR) is 116 cm³/mol. The van der Waals surface area contributed by atoms with Gasteiger partial charge in [0.2, 0.25) is 0 Å². The summed E-state index contributed by atoms with van der Waals surface area (Å²) in [6.45, 7) is 0.0465. The van der Waals surface area contributed by atoms with Gasteiger partial charge in [-0.3, -0.25) is 9.35 Å². The molecule has 6 rings (SSSR count). The molecule has 2 atom stereocenters. The molecule has 7 nitrogen and oxygen atoms in total. The summed E-state index contributed by atoms with van der Waals surface area (Å²) >= 11 is 0. The summed E-state index contributed by atoms with van der Waals surface area (Å²) < 4.78 is 69.4. The van der Waals surface area contributed by atoms with Gasteiger partial charge in [-0.2, -0.15) is 17.2 Å². The molecule has 0 amide bonds. The molecule has 4 bridgehead atoms. The van der Waals surface area contributed by atoms with Gasteiger partial charge >= 0.3 is 27.3 Å². The number of benzene rings is 2. The van der Waals surface area contributed by atoms with Gasteiger partial charge in [-0.1, -0.05) is 42.5 Å². The van der Waals surface area contributed by atoms with Gasteiger partial charge in [0, 0.05) is 6.42 Å². The van der Waals surface area contributed by atoms with Crippen LogP contribution in [0, 0.1) is 17.3 Å². The lowest BCUT2D eigenvalue weighted by molar-refractivity contribution is -0.221. The zero-order chi connectivity index (χ0) is 24.4. The predicted octanol–water partition coefficient (Wildman–Crippen LogP) is 4.25. The first-order valence-electron chi connectivity index (χ1n) is 11.2. The minimum Gasteiger partial charge on any atom is -0.460 e. The zero-order valence-electron chi connectivity index (χ0n) is 18.2. The molecule has 1 N–H and O–H groups in total. The minimum atomic E-state index is -5.97. The van der Waals surface area contributed by atoms with Gasteiger partial charge in [0.25, 0.3) is 0 Å². The molecule has 2 unspecified atom stereocenters. The second kappa shape index (κ2) is 7.71. The Balaban J connectivity index is 1.36. The van der Waals surface area contributed by atoms with Crippen LogP contribution in [0.3, 0.4) is 0 Å². The van der Waals surface area contributed by atoms with Crippen LogP contribution >= 0.6 is 0 Å². The Morgan fingerprint density at radius 1 is 1.03 bits per heavy atom. The molecular weight excluding hydrogens is 470 g/mol. The molecule has 2 aromatic carbocycles. The van der Waals surface area contributed by atoms with Gasteiger partial charge < -0.3 is 9.47 Å². The number of carbonyl (C=O) groups excluding carboxylic acids is 2. The van der Waals surface area contributed by atoms with Gasteiger partial charge in [-0.15, -0.1) is 0 Å². The van der Waals surface area contributed by atoms with E-state index in [0.29, 0.717) is 12.8 Å². The quantitative estimate of drug-likeness (QED) is 0.473. The first kappa shape index (κ1) is 23.2. The molecule has 0 saturated heterocycles. The van der Waals surface area contributed by atoms with Gasteiger partial charge in [-0.05, 0) is 60.3 Å². The van der Waals surface area contributed by atoms with Crippen molar-refractivity contribution in [2.24, 2.45) is 17.3 Å². The van der Waals surface area contributed by atoms with Crippen LogP contribution in [-0.2, 0) is 35.8 Å². The van der Waals surface area contributed by atoms with Crippen LogP contribution in [0.25, 0.3) is 10.8 Å². The Kier molecular flexibility index (Phi) is 5.25. The Morgan fingerprint density at radius 3 is 2.35 bits per heavy atom. The van der Waals surface area contributed by atoms with E-state index in [-0.39, 0.29) is 37.7 Å². The van der Waals surface area contributed by atoms with Crippen molar-refractivity contribution in [1.29, 1.82) is 0 Å². The Bertz CT molecular complexity index is 1250. The molecule has 0 heterocycles. The number of hydrogen-bond donors (Lipinski definition) is 1. The van der Waals surface area contributed by atoms with Crippen molar-refractivity contribution < 1.29 is 40.8 Å². The van der Waals surface area contributed by atoms with Crippen molar-refractivity contribution in [1.82, 2.24) is 0 Å². The van der Waals surface area contributed by atoms with Crippen LogP contribution in [0.15, 0.2) is 42.5 Å². The number of rotatable bonds is 6. The Morgan fingerprint density at radius 2 is 1.68 bits per heavy atom. The van der Waals surface area contributed by atoms with Crippen molar-refractivity contribution in [2.45, 2.75) is 56.0 Å². The van der Waals surface area contributed by atoms with E-state index in [2.05, 4.69) is 0 Å². The first-order chi connectivity index (χ1) is 15.9. The number of ether oxygens (including phenoxy) is 2. The van der Waals surface area contributed by atoms with Crippen LogP contribution in [0.5, 0.6) is 0 Å². The highest BCUT2D eigenvalue weighted by Crippen LogP contribution is 2.63. The van der Waals surface area contributed by atoms with Crippen molar-refractivity contribution in [3.05, 3.63) is 48.0 Å². The van der Waals surface area contributed by atoms with E-state index < -0.39 is 38.3 Å². The van der Waals surface area contributed by atoms with Crippen LogP contribution in [0.2, 0.25) is 0 Å². The van der Waals surface area contributed by atoms with Crippen molar-refractivity contribution >= 4 is 32.8 Å². The van der Waals surface area contributed by atoms with E-state index in [1.807, 2.05) is 42.5 Å². The van der Waals surface area contributed by atoms with Crippen molar-refractivity contribution in [3.8, 4) is 0 Å². The maximum atomic E-state index is 13.9. The normalized spacial score (nSPS) is 30.3. The molecule has 34 heavy (non-hydrogen) atoms. The Labute approximate surface area is 195 Å². The minimum absolute atomic E-state index is 0.00529. The monoisotopic (exact) mass is 494 g/mol. The topological polar surface area (TPSA) is 107 Å². The molecule has 4 saturated carbocycles. The van der Waals surface area contributed by atoms with E-state index in [9.17, 15) is 26.8 Å². The number of esters is 2.